The number of hydrogen-bond donors (Lipinski definition) is 0. The second-order valence-corrected chi connectivity index (χ2v) is 15.6. The zero-order valence-corrected chi connectivity index (χ0v) is 31.7. The summed E-state index contributed by atoms with van der Waals surface area (Å²) in [6.07, 6.45) is 0. The molecule has 59 heavy (non-hydrogen) atoms. The van der Waals surface area contributed by atoms with Gasteiger partial charge in [0, 0.05) is 43.6 Å². The first-order valence-corrected chi connectivity index (χ1v) is 20.1. The Morgan fingerprint density at radius 2 is 1.03 bits per heavy atom. The molecule has 0 spiro atoms. The van der Waals surface area contributed by atoms with Crippen LogP contribution >= 0.6 is 0 Å². The van der Waals surface area contributed by atoms with Gasteiger partial charge in [0.15, 0.2) is 0 Å². The molecule has 0 saturated heterocycles. The fraction of sp³-hybridized carbons (Fsp3) is 0. The van der Waals surface area contributed by atoms with E-state index < -0.39 is 0 Å². The minimum Gasteiger partial charge on any atom is -0.551 e. The van der Waals surface area contributed by atoms with Crippen LogP contribution in [0.15, 0.2) is 199 Å². The molecular formula is C54H32BNO3. The smallest absolute Gasteiger partial charge is 0.434 e. The van der Waals surface area contributed by atoms with E-state index in [9.17, 15) is 0 Å². The monoisotopic (exact) mass is 753 g/mol. The van der Waals surface area contributed by atoms with E-state index in [0.717, 1.165) is 100 Å². The lowest BCUT2D eigenvalue weighted by atomic mass is 9.50. The lowest BCUT2D eigenvalue weighted by molar-refractivity contribution is 0.479. The molecule has 2 aliphatic rings. The minimum absolute atomic E-state index is 0.338. The zero-order valence-electron chi connectivity index (χ0n) is 31.7. The summed E-state index contributed by atoms with van der Waals surface area (Å²) < 4.78 is 22.5. The summed E-state index contributed by atoms with van der Waals surface area (Å²) in [5, 5.41) is 4.74. The molecule has 4 nitrogen and oxygen atoms in total. The maximum atomic E-state index is 6.96. The van der Waals surface area contributed by atoms with E-state index in [0.29, 0.717) is 0 Å². The number of nitrogens with zero attached hydrogens (tertiary/aromatic N) is 1. The third kappa shape index (κ3) is 4.85. The van der Waals surface area contributed by atoms with Crippen LogP contribution in [-0.4, -0.2) is 11.5 Å². The van der Waals surface area contributed by atoms with Gasteiger partial charge in [-0.15, -0.1) is 0 Å². The zero-order chi connectivity index (χ0) is 38.6. The van der Waals surface area contributed by atoms with E-state index in [4.69, 9.17) is 13.8 Å². The van der Waals surface area contributed by atoms with Crippen LogP contribution in [0.1, 0.15) is 0 Å². The molecule has 13 rings (SSSR count). The van der Waals surface area contributed by atoms with Gasteiger partial charge in [-0.05, 0) is 100 Å². The molecule has 4 heterocycles. The van der Waals surface area contributed by atoms with E-state index in [1.54, 1.807) is 0 Å². The lowest BCUT2D eigenvalue weighted by Gasteiger charge is -2.33. The number of ether oxygens (including phenoxy) is 1. The second kappa shape index (κ2) is 12.4. The minimum atomic E-state index is -0.338. The maximum Gasteiger partial charge on any atom is 0.434 e. The van der Waals surface area contributed by atoms with E-state index in [1.807, 2.05) is 12.1 Å². The van der Waals surface area contributed by atoms with Gasteiger partial charge in [-0.25, -0.2) is 0 Å². The summed E-state index contributed by atoms with van der Waals surface area (Å²) in [6, 6.07) is 68.9. The summed E-state index contributed by atoms with van der Waals surface area (Å²) in [7, 11) is 0. The average Bonchev–Trinajstić information content (AvgIpc) is 3.84. The predicted octanol–water partition coefficient (Wildman–Crippen LogP) is 13.0. The topological polar surface area (TPSA) is 36.5 Å². The molecule has 5 heteroatoms. The summed E-state index contributed by atoms with van der Waals surface area (Å²) in [5.41, 5.74) is 16.2. The summed E-state index contributed by atoms with van der Waals surface area (Å²) in [5.74, 6) is 2.48. The highest BCUT2D eigenvalue weighted by atomic mass is 16.5. The van der Waals surface area contributed by atoms with E-state index >= 15 is 0 Å². The Morgan fingerprint density at radius 1 is 0.373 bits per heavy atom. The van der Waals surface area contributed by atoms with Gasteiger partial charge in [-0.1, -0.05) is 127 Å². The Morgan fingerprint density at radius 3 is 1.88 bits per heavy atom. The molecule has 11 aromatic rings. The number of rotatable bonds is 4. The number of benzene rings is 9. The Hall–Kier alpha value is -7.76. The number of furan rings is 1. The van der Waals surface area contributed by atoms with Crippen molar-refractivity contribution in [1.82, 2.24) is 4.57 Å². The van der Waals surface area contributed by atoms with E-state index in [2.05, 4.69) is 187 Å². The highest BCUT2D eigenvalue weighted by Gasteiger charge is 2.41. The van der Waals surface area contributed by atoms with Crippen LogP contribution < -0.4 is 20.3 Å². The Bertz CT molecular complexity index is 3490. The van der Waals surface area contributed by atoms with Gasteiger partial charge < -0.3 is 18.4 Å². The van der Waals surface area contributed by atoms with E-state index in [1.165, 1.54) is 21.8 Å². The van der Waals surface area contributed by atoms with Gasteiger partial charge in [0.05, 0.1) is 16.7 Å². The quantitative estimate of drug-likeness (QED) is 0.168. The molecule has 2 aromatic heterocycles. The molecule has 0 amide bonds. The van der Waals surface area contributed by atoms with Crippen molar-refractivity contribution < 1.29 is 13.8 Å². The Kier molecular flexibility index (Phi) is 6.78. The van der Waals surface area contributed by atoms with E-state index in [-0.39, 0.29) is 6.92 Å². The van der Waals surface area contributed by atoms with Gasteiger partial charge in [-0.3, -0.25) is 0 Å². The van der Waals surface area contributed by atoms with Crippen molar-refractivity contribution in [3.05, 3.63) is 194 Å². The van der Waals surface area contributed by atoms with Crippen molar-refractivity contribution in [2.75, 3.05) is 0 Å². The lowest BCUT2D eigenvalue weighted by Crippen LogP contribution is -2.53. The van der Waals surface area contributed by atoms with Crippen molar-refractivity contribution in [3.8, 4) is 67.4 Å². The third-order valence-corrected chi connectivity index (χ3v) is 12.3. The third-order valence-electron chi connectivity index (χ3n) is 12.3. The number of fused-ring (bicyclic) bond motifs is 10. The van der Waals surface area contributed by atoms with Crippen LogP contribution in [0.4, 0.5) is 0 Å². The van der Waals surface area contributed by atoms with Gasteiger partial charge in [0.2, 0.25) is 0 Å². The molecule has 0 bridgehead atoms. The normalized spacial score (nSPS) is 12.6. The van der Waals surface area contributed by atoms with Crippen molar-refractivity contribution in [2.45, 2.75) is 0 Å². The van der Waals surface area contributed by atoms with Crippen molar-refractivity contribution in [2.24, 2.45) is 0 Å². The van der Waals surface area contributed by atoms with Crippen molar-refractivity contribution in [1.29, 1.82) is 0 Å². The standard InChI is InChI=1S/C54H32BNO3/c1-6-19-46(56-47-20-7-2-15-39(47)40-16-3-8-21-48(40)56)38(14-1)36-25-27-51-45(30-36)55-54-44(42-18-5-10-23-50(42)59-55)29-37(32-53(54)58-51)34-13-11-12-33(28-34)35-24-26-43-41-17-4-9-22-49(41)57-52(43)31-35/h1-32H. The van der Waals surface area contributed by atoms with Gasteiger partial charge >= 0.3 is 6.92 Å². The van der Waals surface area contributed by atoms with Crippen LogP contribution in [0.2, 0.25) is 0 Å². The van der Waals surface area contributed by atoms with Crippen molar-refractivity contribution >= 4 is 61.6 Å². The van der Waals surface area contributed by atoms with Crippen LogP contribution in [0.3, 0.4) is 0 Å². The molecule has 274 valence electrons. The predicted molar refractivity (Wildman–Crippen MR) is 242 cm³/mol. The van der Waals surface area contributed by atoms with Gasteiger partial charge in [0.25, 0.3) is 0 Å². The fourth-order valence-electron chi connectivity index (χ4n) is 9.58. The number of aromatic nitrogens is 1. The molecule has 2 aliphatic heterocycles. The SMILES string of the molecule is c1cc(-c2cc3c4c(c2)-c2ccccc2OB4c2cc(-c4ccccc4-n4c5ccccc5c5ccccc54)ccc2O3)cc(-c2ccc3c(c2)oc2ccccc23)c1. The molecule has 0 saturated carbocycles. The Balaban J connectivity index is 0.929. The van der Waals surface area contributed by atoms with Crippen LogP contribution in [0, 0.1) is 0 Å². The first-order chi connectivity index (χ1) is 29.2. The molecular weight excluding hydrogens is 721 g/mol. The molecule has 0 aliphatic carbocycles. The first kappa shape index (κ1) is 32.3. The summed E-state index contributed by atoms with van der Waals surface area (Å²) >= 11 is 0. The molecule has 9 aromatic carbocycles. The molecule has 0 radical (unpaired) electrons. The molecule has 0 fully saturated rings. The molecule has 0 N–H and O–H groups in total. The molecule has 0 unspecified atom stereocenters. The Labute approximate surface area is 340 Å². The average molecular weight is 754 g/mol. The molecule has 0 atom stereocenters. The summed E-state index contributed by atoms with van der Waals surface area (Å²) in [4.78, 5) is 0. The first-order valence-electron chi connectivity index (χ1n) is 20.1. The fourth-order valence-corrected chi connectivity index (χ4v) is 9.58. The van der Waals surface area contributed by atoms with Crippen LogP contribution in [0.25, 0.3) is 93.9 Å². The number of hydrogen-bond acceptors (Lipinski definition) is 3. The van der Waals surface area contributed by atoms with Crippen LogP contribution in [-0.2, 0) is 0 Å². The highest BCUT2D eigenvalue weighted by Crippen LogP contribution is 2.43. The highest BCUT2D eigenvalue weighted by molar-refractivity contribution is 6.84. The largest absolute Gasteiger partial charge is 0.551 e. The van der Waals surface area contributed by atoms with Gasteiger partial charge in [0.1, 0.15) is 28.4 Å². The number of para-hydroxylation sites is 5. The summed E-state index contributed by atoms with van der Waals surface area (Å²) in [6.45, 7) is -0.338. The van der Waals surface area contributed by atoms with Gasteiger partial charge in [-0.2, -0.15) is 0 Å². The maximum absolute atomic E-state index is 6.96. The second-order valence-electron chi connectivity index (χ2n) is 15.6. The van der Waals surface area contributed by atoms with Crippen LogP contribution in [0.5, 0.6) is 17.2 Å². The van der Waals surface area contributed by atoms with Crippen molar-refractivity contribution in [3.63, 3.8) is 0 Å².